The summed E-state index contributed by atoms with van der Waals surface area (Å²) in [5.74, 6) is 0.0879. The van der Waals surface area contributed by atoms with Gasteiger partial charge in [0, 0.05) is 39.1 Å². The van der Waals surface area contributed by atoms with Gasteiger partial charge in [-0.1, -0.05) is 29.3 Å². The van der Waals surface area contributed by atoms with Crippen LogP contribution in [0.2, 0.25) is 0 Å². The summed E-state index contributed by atoms with van der Waals surface area (Å²) >= 11 is 0. The first kappa shape index (κ1) is 19.3. The van der Waals surface area contributed by atoms with Crippen molar-refractivity contribution in [3.05, 3.63) is 34.9 Å². The van der Waals surface area contributed by atoms with E-state index in [4.69, 9.17) is 0 Å². The van der Waals surface area contributed by atoms with Crippen LogP contribution in [0.25, 0.3) is 0 Å². The molecular formula is C20H31N3O2. The molecule has 25 heavy (non-hydrogen) atoms. The first-order valence-electron chi connectivity index (χ1n) is 9.12. The van der Waals surface area contributed by atoms with Crippen LogP contribution in [0.4, 0.5) is 4.79 Å². The monoisotopic (exact) mass is 345 g/mol. The van der Waals surface area contributed by atoms with E-state index in [1.807, 2.05) is 18.9 Å². The molecule has 1 heterocycles. The molecular weight excluding hydrogens is 314 g/mol. The fraction of sp³-hybridized carbons (Fsp3) is 0.600. The Hall–Kier alpha value is -2.04. The molecule has 3 amide bonds. The van der Waals surface area contributed by atoms with E-state index in [-0.39, 0.29) is 24.0 Å². The van der Waals surface area contributed by atoms with Gasteiger partial charge in [-0.05, 0) is 45.6 Å². The lowest BCUT2D eigenvalue weighted by Crippen LogP contribution is -2.51. The molecule has 138 valence electrons. The molecule has 1 unspecified atom stereocenters. The summed E-state index contributed by atoms with van der Waals surface area (Å²) in [6, 6.07) is 6.85. The summed E-state index contributed by atoms with van der Waals surface area (Å²) in [5.41, 5.74) is 3.77. The molecule has 0 bridgehead atoms. The number of aryl methyl sites for hydroxylation is 2. The fourth-order valence-electron chi connectivity index (χ4n) is 3.61. The van der Waals surface area contributed by atoms with Crippen molar-refractivity contribution in [3.8, 4) is 0 Å². The van der Waals surface area contributed by atoms with Gasteiger partial charge in [0.25, 0.3) is 0 Å². The van der Waals surface area contributed by atoms with Gasteiger partial charge in [-0.15, -0.1) is 0 Å². The lowest BCUT2D eigenvalue weighted by molar-refractivity contribution is -0.130. The normalized spacial score (nSPS) is 16.4. The predicted octanol–water partition coefficient (Wildman–Crippen LogP) is 2.89. The zero-order valence-electron chi connectivity index (χ0n) is 16.1. The Balaban J connectivity index is 1.83. The number of nitrogens with one attached hydrogen (secondary N) is 1. The molecule has 2 rings (SSSR count). The van der Waals surface area contributed by atoms with Gasteiger partial charge in [-0.2, -0.15) is 0 Å². The van der Waals surface area contributed by atoms with Crippen molar-refractivity contribution in [1.82, 2.24) is 15.1 Å². The third-order valence-electron chi connectivity index (χ3n) is 4.99. The van der Waals surface area contributed by atoms with Crippen LogP contribution in [0.5, 0.6) is 0 Å². The third-order valence-corrected chi connectivity index (χ3v) is 4.99. The first-order chi connectivity index (χ1) is 11.8. The third kappa shape index (κ3) is 5.48. The van der Waals surface area contributed by atoms with Crippen LogP contribution in [-0.4, -0.2) is 54.0 Å². The Morgan fingerprint density at radius 3 is 2.28 bits per heavy atom. The Bertz CT molecular complexity index is 601. The van der Waals surface area contributed by atoms with Crippen LogP contribution < -0.4 is 5.32 Å². The lowest BCUT2D eigenvalue weighted by atomic mass is 10.0. The highest BCUT2D eigenvalue weighted by atomic mass is 16.2. The highest BCUT2D eigenvalue weighted by molar-refractivity contribution is 5.75. The number of hydrogen-bond donors (Lipinski definition) is 1. The number of piperidine rings is 1. The molecule has 0 aliphatic carbocycles. The molecule has 5 heteroatoms. The standard InChI is InChI=1S/C20H31N3O2/c1-14-10-15(2)12-18(11-14)13-16(3)21-20(25)23-8-6-19(7-9-23)22(5)17(4)24/h10-12,16,19H,6-9,13H2,1-5H3,(H,21,25). The van der Waals surface area contributed by atoms with Crippen LogP contribution in [0.3, 0.4) is 0 Å². The van der Waals surface area contributed by atoms with Gasteiger partial charge >= 0.3 is 6.03 Å². The van der Waals surface area contributed by atoms with Crippen LogP contribution in [0.15, 0.2) is 18.2 Å². The van der Waals surface area contributed by atoms with E-state index in [2.05, 4.69) is 37.4 Å². The number of hydrogen-bond acceptors (Lipinski definition) is 2. The second-order valence-electron chi connectivity index (χ2n) is 7.40. The second kappa shape index (κ2) is 8.37. The number of carbonyl (C=O) groups excluding carboxylic acids is 2. The Morgan fingerprint density at radius 2 is 1.76 bits per heavy atom. The average molecular weight is 345 g/mol. The molecule has 1 aliphatic heterocycles. The van der Waals surface area contributed by atoms with E-state index in [1.165, 1.54) is 16.7 Å². The summed E-state index contributed by atoms with van der Waals surface area (Å²) < 4.78 is 0. The molecule has 1 N–H and O–H groups in total. The molecule has 1 aromatic carbocycles. The van der Waals surface area contributed by atoms with Crippen LogP contribution >= 0.6 is 0 Å². The van der Waals surface area contributed by atoms with Gasteiger partial charge in [0.1, 0.15) is 0 Å². The summed E-state index contributed by atoms with van der Waals surface area (Å²) in [6.45, 7) is 9.23. The van der Waals surface area contributed by atoms with E-state index >= 15 is 0 Å². The minimum Gasteiger partial charge on any atom is -0.343 e. The minimum absolute atomic E-state index is 0.000744. The maximum absolute atomic E-state index is 12.5. The van der Waals surface area contributed by atoms with Crippen molar-refractivity contribution in [1.29, 1.82) is 0 Å². The van der Waals surface area contributed by atoms with Crippen LogP contribution in [-0.2, 0) is 11.2 Å². The van der Waals surface area contributed by atoms with Crippen LogP contribution in [0.1, 0.15) is 43.4 Å². The topological polar surface area (TPSA) is 52.7 Å². The quantitative estimate of drug-likeness (QED) is 0.912. The maximum Gasteiger partial charge on any atom is 0.317 e. The molecule has 0 saturated carbocycles. The van der Waals surface area contributed by atoms with E-state index in [9.17, 15) is 9.59 Å². The molecule has 0 radical (unpaired) electrons. The van der Waals surface area contributed by atoms with Crippen LogP contribution in [0, 0.1) is 13.8 Å². The first-order valence-corrected chi connectivity index (χ1v) is 9.12. The molecule has 1 aliphatic rings. The number of nitrogens with zero attached hydrogens (tertiary/aromatic N) is 2. The molecule has 1 aromatic rings. The summed E-state index contributed by atoms with van der Waals surface area (Å²) in [5, 5.41) is 3.11. The van der Waals surface area contributed by atoms with Gasteiger partial charge in [0.05, 0.1) is 0 Å². The van der Waals surface area contributed by atoms with Crippen molar-refractivity contribution in [2.75, 3.05) is 20.1 Å². The summed E-state index contributed by atoms with van der Waals surface area (Å²) in [6.07, 6.45) is 2.52. The van der Waals surface area contributed by atoms with Gasteiger partial charge in [-0.3, -0.25) is 4.79 Å². The predicted molar refractivity (Wildman–Crippen MR) is 101 cm³/mol. The zero-order chi connectivity index (χ0) is 18.6. The van der Waals surface area contributed by atoms with Gasteiger partial charge in [-0.25, -0.2) is 4.79 Å². The van der Waals surface area contributed by atoms with Gasteiger partial charge in [0.15, 0.2) is 0 Å². The number of benzene rings is 1. The molecule has 0 spiro atoms. The van der Waals surface area contributed by atoms with Crippen molar-refractivity contribution in [2.45, 2.75) is 59.0 Å². The smallest absolute Gasteiger partial charge is 0.317 e. The Kier molecular flexibility index (Phi) is 6.45. The van der Waals surface area contributed by atoms with E-state index in [1.54, 1.807) is 11.8 Å². The molecule has 0 aromatic heterocycles. The van der Waals surface area contributed by atoms with E-state index < -0.39 is 0 Å². The Morgan fingerprint density at radius 1 is 1.20 bits per heavy atom. The lowest BCUT2D eigenvalue weighted by Gasteiger charge is -2.36. The number of rotatable bonds is 4. The van der Waals surface area contributed by atoms with Gasteiger partial charge in [0.2, 0.25) is 5.91 Å². The van der Waals surface area contributed by atoms with Crippen molar-refractivity contribution < 1.29 is 9.59 Å². The summed E-state index contributed by atoms with van der Waals surface area (Å²) in [7, 11) is 1.84. The molecule has 1 saturated heterocycles. The number of amides is 3. The van der Waals surface area contributed by atoms with Crippen molar-refractivity contribution >= 4 is 11.9 Å². The maximum atomic E-state index is 12.5. The highest BCUT2D eigenvalue weighted by Crippen LogP contribution is 2.16. The molecule has 1 fully saturated rings. The fourth-order valence-corrected chi connectivity index (χ4v) is 3.61. The van der Waals surface area contributed by atoms with E-state index in [0.717, 1.165) is 19.3 Å². The zero-order valence-corrected chi connectivity index (χ0v) is 16.1. The van der Waals surface area contributed by atoms with Crippen molar-refractivity contribution in [3.63, 3.8) is 0 Å². The SMILES string of the molecule is CC(=O)N(C)C1CCN(C(=O)NC(C)Cc2cc(C)cc(C)c2)CC1. The highest BCUT2D eigenvalue weighted by Gasteiger charge is 2.26. The van der Waals surface area contributed by atoms with E-state index in [0.29, 0.717) is 13.1 Å². The number of carbonyl (C=O) groups is 2. The van der Waals surface area contributed by atoms with Crippen molar-refractivity contribution in [2.24, 2.45) is 0 Å². The largest absolute Gasteiger partial charge is 0.343 e. The summed E-state index contributed by atoms with van der Waals surface area (Å²) in [4.78, 5) is 27.6. The van der Waals surface area contributed by atoms with Gasteiger partial charge < -0.3 is 15.1 Å². The number of likely N-dealkylation sites (tertiary alicyclic amines) is 1. The molecule has 5 nitrogen and oxygen atoms in total. The Labute approximate surface area is 151 Å². The second-order valence-corrected chi connectivity index (χ2v) is 7.40. The molecule has 1 atom stereocenters. The average Bonchev–Trinajstić information content (AvgIpc) is 2.53. The number of urea groups is 1. The minimum atomic E-state index is 0.000744.